The van der Waals surface area contributed by atoms with Crippen molar-refractivity contribution in [1.82, 2.24) is 5.32 Å². The summed E-state index contributed by atoms with van der Waals surface area (Å²) in [5.41, 5.74) is -0.790. The van der Waals surface area contributed by atoms with E-state index in [0.717, 1.165) is 29.2 Å². The van der Waals surface area contributed by atoms with E-state index in [4.69, 9.17) is 23.2 Å². The summed E-state index contributed by atoms with van der Waals surface area (Å²) in [4.78, 5) is 36.7. The van der Waals surface area contributed by atoms with E-state index < -0.39 is 28.6 Å². The van der Waals surface area contributed by atoms with Crippen LogP contribution in [0.15, 0.2) is 66.7 Å². The monoisotopic (exact) mass is 554 g/mol. The van der Waals surface area contributed by atoms with Crippen molar-refractivity contribution in [2.45, 2.75) is 12.6 Å². The molecule has 3 rings (SSSR count). The zero-order valence-electron chi connectivity index (χ0n) is 18.9. The SMILES string of the molecule is O=C(NCCCN(C(=O)Nc1ccc(Cl)cc1)c1cccc(C(F)(F)F)c1)c1ccc([N+](=O)[O-])cc1Cl. The number of amides is 3. The van der Waals surface area contributed by atoms with Gasteiger partial charge in [-0.25, -0.2) is 4.79 Å². The number of halogens is 5. The Labute approximate surface area is 219 Å². The van der Waals surface area contributed by atoms with Crippen LogP contribution in [0.25, 0.3) is 0 Å². The van der Waals surface area contributed by atoms with E-state index in [1.165, 1.54) is 18.2 Å². The fourth-order valence-corrected chi connectivity index (χ4v) is 3.64. The Hall–Kier alpha value is -3.83. The number of nitrogens with zero attached hydrogens (tertiary/aromatic N) is 2. The van der Waals surface area contributed by atoms with E-state index in [-0.39, 0.29) is 41.5 Å². The van der Waals surface area contributed by atoms with Crippen molar-refractivity contribution >= 4 is 52.2 Å². The third-order valence-electron chi connectivity index (χ3n) is 5.08. The number of nitrogens with one attached hydrogen (secondary N) is 2. The van der Waals surface area contributed by atoms with E-state index in [1.54, 1.807) is 24.3 Å². The van der Waals surface area contributed by atoms with Crippen molar-refractivity contribution in [1.29, 1.82) is 0 Å². The lowest BCUT2D eigenvalue weighted by Gasteiger charge is -2.24. The number of nitro groups is 1. The normalized spacial score (nSPS) is 11.1. The number of hydrogen-bond donors (Lipinski definition) is 2. The summed E-state index contributed by atoms with van der Waals surface area (Å²) in [5.74, 6) is -0.601. The van der Waals surface area contributed by atoms with Crippen LogP contribution in [-0.2, 0) is 6.18 Å². The molecule has 194 valence electrons. The Balaban J connectivity index is 1.71. The summed E-state index contributed by atoms with van der Waals surface area (Å²) in [6, 6.07) is 13.2. The average Bonchev–Trinajstić information content (AvgIpc) is 2.84. The molecule has 8 nitrogen and oxygen atoms in total. The highest BCUT2D eigenvalue weighted by molar-refractivity contribution is 6.34. The molecule has 0 radical (unpaired) electrons. The average molecular weight is 555 g/mol. The van der Waals surface area contributed by atoms with Gasteiger partial charge in [0.05, 0.1) is 21.1 Å². The van der Waals surface area contributed by atoms with Gasteiger partial charge in [-0.05, 0) is 55.0 Å². The predicted octanol–water partition coefficient (Wildman–Crippen LogP) is 6.78. The van der Waals surface area contributed by atoms with Gasteiger partial charge in [0.25, 0.3) is 11.6 Å². The van der Waals surface area contributed by atoms with Crippen LogP contribution >= 0.6 is 23.2 Å². The van der Waals surface area contributed by atoms with Gasteiger partial charge in [0, 0.05) is 41.6 Å². The van der Waals surface area contributed by atoms with E-state index in [1.807, 2.05) is 0 Å². The minimum absolute atomic E-state index is 0.00558. The molecule has 0 aliphatic rings. The van der Waals surface area contributed by atoms with Crippen LogP contribution in [0.3, 0.4) is 0 Å². The fraction of sp³-hybridized carbons (Fsp3) is 0.167. The molecule has 3 aromatic rings. The Morgan fingerprint density at radius 2 is 1.70 bits per heavy atom. The number of nitro benzene ring substituents is 1. The van der Waals surface area contributed by atoms with Gasteiger partial charge in [-0.1, -0.05) is 29.3 Å². The lowest BCUT2D eigenvalue weighted by atomic mass is 10.1. The minimum Gasteiger partial charge on any atom is -0.352 e. The molecule has 0 fully saturated rings. The summed E-state index contributed by atoms with van der Waals surface area (Å²) in [5, 5.41) is 16.3. The molecule has 0 aliphatic heterocycles. The first-order valence-corrected chi connectivity index (χ1v) is 11.4. The lowest BCUT2D eigenvalue weighted by Crippen LogP contribution is -2.37. The Bertz CT molecular complexity index is 1300. The number of non-ortho nitro benzene ring substituents is 1. The number of benzene rings is 3. The van der Waals surface area contributed by atoms with Crippen LogP contribution in [0.4, 0.5) is 35.0 Å². The van der Waals surface area contributed by atoms with Crippen LogP contribution in [-0.4, -0.2) is 30.0 Å². The molecular weight excluding hydrogens is 536 g/mol. The zero-order chi connectivity index (χ0) is 27.2. The molecule has 0 heterocycles. The second-order valence-electron chi connectivity index (χ2n) is 7.67. The maximum absolute atomic E-state index is 13.2. The summed E-state index contributed by atoms with van der Waals surface area (Å²) in [7, 11) is 0. The second-order valence-corrected chi connectivity index (χ2v) is 8.51. The molecule has 0 spiro atoms. The van der Waals surface area contributed by atoms with Crippen LogP contribution in [0.2, 0.25) is 10.0 Å². The molecule has 0 aliphatic carbocycles. The Morgan fingerprint density at radius 1 is 1.00 bits per heavy atom. The number of urea groups is 1. The van der Waals surface area contributed by atoms with Gasteiger partial charge >= 0.3 is 12.2 Å². The number of anilines is 2. The first kappa shape index (κ1) is 27.8. The Kier molecular flexibility index (Phi) is 8.95. The number of rotatable bonds is 8. The third kappa shape index (κ3) is 7.58. The number of hydrogen-bond acceptors (Lipinski definition) is 4. The molecule has 0 atom stereocenters. The van der Waals surface area contributed by atoms with E-state index in [0.29, 0.717) is 10.7 Å². The van der Waals surface area contributed by atoms with E-state index in [9.17, 15) is 32.9 Å². The predicted molar refractivity (Wildman–Crippen MR) is 134 cm³/mol. The van der Waals surface area contributed by atoms with Gasteiger partial charge in [0.15, 0.2) is 0 Å². The van der Waals surface area contributed by atoms with Gasteiger partial charge < -0.3 is 10.6 Å². The topological polar surface area (TPSA) is 105 Å². The molecule has 0 aromatic heterocycles. The number of carbonyl (C=O) groups is 2. The third-order valence-corrected chi connectivity index (χ3v) is 5.64. The molecule has 37 heavy (non-hydrogen) atoms. The summed E-state index contributed by atoms with van der Waals surface area (Å²) < 4.78 is 39.7. The van der Waals surface area contributed by atoms with Crippen LogP contribution < -0.4 is 15.5 Å². The highest BCUT2D eigenvalue weighted by Gasteiger charge is 2.31. The van der Waals surface area contributed by atoms with Crippen molar-refractivity contribution in [3.05, 3.63) is 98.0 Å². The molecule has 0 saturated heterocycles. The Morgan fingerprint density at radius 3 is 2.32 bits per heavy atom. The van der Waals surface area contributed by atoms with Gasteiger partial charge in [-0.3, -0.25) is 19.8 Å². The van der Waals surface area contributed by atoms with Crippen molar-refractivity contribution < 1.29 is 27.7 Å². The van der Waals surface area contributed by atoms with Crippen molar-refractivity contribution in [2.75, 3.05) is 23.3 Å². The zero-order valence-corrected chi connectivity index (χ0v) is 20.4. The second kappa shape index (κ2) is 11.9. The number of carbonyl (C=O) groups excluding carboxylic acids is 2. The van der Waals surface area contributed by atoms with Gasteiger partial charge in [0.1, 0.15) is 0 Å². The summed E-state index contributed by atoms with van der Waals surface area (Å²) in [6.45, 7) is -0.00908. The first-order chi connectivity index (χ1) is 17.5. The molecule has 3 amide bonds. The van der Waals surface area contributed by atoms with Crippen LogP contribution in [0, 0.1) is 10.1 Å². The molecule has 0 bridgehead atoms. The molecule has 3 aromatic carbocycles. The molecule has 0 saturated carbocycles. The van der Waals surface area contributed by atoms with E-state index >= 15 is 0 Å². The van der Waals surface area contributed by atoms with Crippen molar-refractivity contribution in [2.24, 2.45) is 0 Å². The molecule has 2 N–H and O–H groups in total. The van der Waals surface area contributed by atoms with Crippen LogP contribution in [0.1, 0.15) is 22.3 Å². The largest absolute Gasteiger partial charge is 0.416 e. The maximum Gasteiger partial charge on any atom is 0.416 e. The highest BCUT2D eigenvalue weighted by Crippen LogP contribution is 2.32. The smallest absolute Gasteiger partial charge is 0.352 e. The molecule has 13 heteroatoms. The fourth-order valence-electron chi connectivity index (χ4n) is 3.26. The number of alkyl halides is 3. The van der Waals surface area contributed by atoms with Crippen LogP contribution in [0.5, 0.6) is 0 Å². The molecular formula is C24H19Cl2F3N4O4. The van der Waals surface area contributed by atoms with E-state index in [2.05, 4.69) is 10.6 Å². The highest BCUT2D eigenvalue weighted by atomic mass is 35.5. The van der Waals surface area contributed by atoms with Crippen molar-refractivity contribution in [3.63, 3.8) is 0 Å². The first-order valence-electron chi connectivity index (χ1n) is 10.7. The lowest BCUT2D eigenvalue weighted by molar-refractivity contribution is -0.384. The van der Waals surface area contributed by atoms with Gasteiger partial charge in [-0.2, -0.15) is 13.2 Å². The van der Waals surface area contributed by atoms with Gasteiger partial charge in [-0.15, -0.1) is 0 Å². The molecule has 0 unspecified atom stereocenters. The summed E-state index contributed by atoms with van der Waals surface area (Å²) >= 11 is 11.8. The van der Waals surface area contributed by atoms with Gasteiger partial charge in [0.2, 0.25) is 0 Å². The van der Waals surface area contributed by atoms with Crippen molar-refractivity contribution in [3.8, 4) is 0 Å². The quantitative estimate of drug-likeness (QED) is 0.182. The standard InChI is InChI=1S/C24H19Cl2F3N4O4/c25-16-5-7-17(8-6-16)31-23(35)32(18-4-1-3-15(13-18)24(27,28)29)12-2-11-30-22(34)20-10-9-19(33(36)37)14-21(20)26/h1,3-10,13-14H,2,11-12H2,(H,30,34)(H,31,35). The summed E-state index contributed by atoms with van der Waals surface area (Å²) in [6.07, 6.45) is -4.44. The maximum atomic E-state index is 13.2. The minimum atomic E-state index is -4.60.